The molecule has 0 spiro atoms. The summed E-state index contributed by atoms with van der Waals surface area (Å²) in [6, 6.07) is 5.36. The largest absolute Gasteiger partial charge is 0.310 e. The van der Waals surface area contributed by atoms with Crippen molar-refractivity contribution in [2.45, 2.75) is 19.4 Å². The maximum absolute atomic E-state index is 13.3. The lowest BCUT2D eigenvalue weighted by molar-refractivity contribution is 0.550. The smallest absolute Gasteiger partial charge is 0.137 e. The molecule has 0 aliphatic heterocycles. The topological polar surface area (TPSA) is 12.0 Å². The third-order valence-electron chi connectivity index (χ3n) is 2.20. The van der Waals surface area contributed by atoms with Crippen LogP contribution in [0.3, 0.4) is 0 Å². The third kappa shape index (κ3) is 3.43. The Kier molecular flexibility index (Phi) is 4.99. The maximum atomic E-state index is 13.3. The number of hydrogen-bond acceptors (Lipinski definition) is 1. The highest BCUT2D eigenvalue weighted by atomic mass is 79.9. The molecule has 0 bridgehead atoms. The van der Waals surface area contributed by atoms with Gasteiger partial charge in [-0.1, -0.05) is 19.1 Å². The zero-order valence-corrected chi connectivity index (χ0v) is 10.3. The molecular formula is C12H15BrFN. The van der Waals surface area contributed by atoms with Gasteiger partial charge in [-0.2, -0.15) is 0 Å². The van der Waals surface area contributed by atoms with Gasteiger partial charge in [0.1, 0.15) is 5.82 Å². The van der Waals surface area contributed by atoms with Gasteiger partial charge in [0, 0.05) is 6.04 Å². The van der Waals surface area contributed by atoms with Gasteiger partial charge in [-0.25, -0.2) is 4.39 Å². The summed E-state index contributed by atoms with van der Waals surface area (Å²) in [6.45, 7) is 6.60. The summed E-state index contributed by atoms with van der Waals surface area (Å²) in [5.74, 6) is -0.223. The molecule has 0 amide bonds. The predicted octanol–water partition coefficient (Wildman–Crippen LogP) is 3.81. The number of rotatable bonds is 5. The van der Waals surface area contributed by atoms with Crippen LogP contribution < -0.4 is 5.32 Å². The third-order valence-corrected chi connectivity index (χ3v) is 2.84. The summed E-state index contributed by atoms with van der Waals surface area (Å²) in [4.78, 5) is 0. The molecular weight excluding hydrogens is 257 g/mol. The molecule has 0 heterocycles. The van der Waals surface area contributed by atoms with Crippen LogP contribution in [0, 0.1) is 5.82 Å². The highest BCUT2D eigenvalue weighted by molar-refractivity contribution is 9.10. The molecule has 1 nitrogen and oxygen atoms in total. The van der Waals surface area contributed by atoms with E-state index in [1.807, 2.05) is 19.1 Å². The quantitative estimate of drug-likeness (QED) is 0.803. The Hall–Kier alpha value is -0.670. The van der Waals surface area contributed by atoms with E-state index in [9.17, 15) is 4.39 Å². The minimum absolute atomic E-state index is 0.148. The number of hydrogen-bond donors (Lipinski definition) is 1. The van der Waals surface area contributed by atoms with E-state index in [0.29, 0.717) is 4.47 Å². The highest BCUT2D eigenvalue weighted by Gasteiger charge is 2.10. The van der Waals surface area contributed by atoms with Gasteiger partial charge in [-0.3, -0.25) is 0 Å². The van der Waals surface area contributed by atoms with Crippen molar-refractivity contribution in [2.75, 3.05) is 6.54 Å². The number of halogens is 2. The summed E-state index contributed by atoms with van der Waals surface area (Å²) in [6.07, 6.45) is 2.64. The summed E-state index contributed by atoms with van der Waals surface area (Å²) in [7, 11) is 0. The molecule has 1 rings (SSSR count). The van der Waals surface area contributed by atoms with E-state index < -0.39 is 0 Å². The van der Waals surface area contributed by atoms with Crippen molar-refractivity contribution >= 4 is 15.9 Å². The molecule has 15 heavy (non-hydrogen) atoms. The van der Waals surface area contributed by atoms with E-state index in [0.717, 1.165) is 18.5 Å². The van der Waals surface area contributed by atoms with Crippen LogP contribution in [0.4, 0.5) is 4.39 Å². The first-order valence-corrected chi connectivity index (χ1v) is 5.77. The van der Waals surface area contributed by atoms with E-state index in [-0.39, 0.29) is 11.9 Å². The molecule has 0 saturated carbocycles. The fourth-order valence-electron chi connectivity index (χ4n) is 1.48. The van der Waals surface area contributed by atoms with E-state index in [1.54, 1.807) is 12.1 Å². The fourth-order valence-corrected chi connectivity index (χ4v) is 1.73. The van der Waals surface area contributed by atoms with Crippen molar-refractivity contribution in [2.24, 2.45) is 0 Å². The Bertz CT molecular complexity index is 338. The van der Waals surface area contributed by atoms with Crippen LogP contribution in [0.25, 0.3) is 0 Å². The molecule has 1 atom stereocenters. The van der Waals surface area contributed by atoms with Crippen LogP contribution in [0.2, 0.25) is 0 Å². The lowest BCUT2D eigenvalue weighted by Gasteiger charge is -2.16. The lowest BCUT2D eigenvalue weighted by Crippen LogP contribution is -2.20. The van der Waals surface area contributed by atoms with E-state index in [2.05, 4.69) is 27.8 Å². The van der Waals surface area contributed by atoms with Crippen LogP contribution in [-0.2, 0) is 0 Å². The highest BCUT2D eigenvalue weighted by Crippen LogP contribution is 2.22. The lowest BCUT2D eigenvalue weighted by atomic mass is 10.0. The molecule has 0 aliphatic rings. The molecule has 0 fully saturated rings. The van der Waals surface area contributed by atoms with Gasteiger partial charge in [-0.15, -0.1) is 6.58 Å². The minimum atomic E-state index is -0.223. The average molecular weight is 272 g/mol. The normalized spacial score (nSPS) is 12.5. The van der Waals surface area contributed by atoms with Crippen LogP contribution in [0.5, 0.6) is 0 Å². The average Bonchev–Trinajstić information content (AvgIpc) is 2.22. The monoisotopic (exact) mass is 271 g/mol. The van der Waals surface area contributed by atoms with Crippen LogP contribution in [0.1, 0.15) is 24.9 Å². The summed E-state index contributed by atoms with van der Waals surface area (Å²) < 4.78 is 13.8. The zero-order chi connectivity index (χ0) is 11.3. The Labute approximate surface area is 98.5 Å². The van der Waals surface area contributed by atoms with Gasteiger partial charge in [0.25, 0.3) is 0 Å². The molecule has 0 aromatic heterocycles. The number of benzene rings is 1. The SMILES string of the molecule is C=CCC(NCC)c1ccc(Br)c(F)c1. The predicted molar refractivity (Wildman–Crippen MR) is 65.3 cm³/mol. The second kappa shape index (κ2) is 6.03. The Morgan fingerprint density at radius 2 is 2.33 bits per heavy atom. The molecule has 0 saturated heterocycles. The van der Waals surface area contributed by atoms with Gasteiger partial charge < -0.3 is 5.32 Å². The Balaban J connectivity index is 2.89. The summed E-state index contributed by atoms with van der Waals surface area (Å²) >= 11 is 3.14. The first kappa shape index (κ1) is 12.4. The van der Waals surface area contributed by atoms with E-state index in [4.69, 9.17) is 0 Å². The molecule has 3 heteroatoms. The van der Waals surface area contributed by atoms with Crippen LogP contribution in [-0.4, -0.2) is 6.54 Å². The van der Waals surface area contributed by atoms with Gasteiger partial charge in [-0.05, 0) is 46.6 Å². The second-order valence-electron chi connectivity index (χ2n) is 3.31. The van der Waals surface area contributed by atoms with Crippen molar-refractivity contribution in [3.05, 3.63) is 46.7 Å². The minimum Gasteiger partial charge on any atom is -0.310 e. The molecule has 1 aromatic carbocycles. The van der Waals surface area contributed by atoms with Crippen molar-refractivity contribution in [1.82, 2.24) is 5.32 Å². The standard InChI is InChI=1S/C12H15BrFN/c1-3-5-12(15-4-2)9-6-7-10(13)11(14)8-9/h3,6-8,12,15H,1,4-5H2,2H3. The molecule has 1 N–H and O–H groups in total. The van der Waals surface area contributed by atoms with E-state index in [1.165, 1.54) is 0 Å². The van der Waals surface area contributed by atoms with Gasteiger partial charge >= 0.3 is 0 Å². The molecule has 0 aliphatic carbocycles. The Morgan fingerprint density at radius 1 is 1.60 bits per heavy atom. The van der Waals surface area contributed by atoms with Crippen molar-refractivity contribution < 1.29 is 4.39 Å². The van der Waals surface area contributed by atoms with Crippen LogP contribution in [0.15, 0.2) is 35.3 Å². The first-order valence-electron chi connectivity index (χ1n) is 4.98. The van der Waals surface area contributed by atoms with Crippen molar-refractivity contribution in [1.29, 1.82) is 0 Å². The zero-order valence-electron chi connectivity index (χ0n) is 8.76. The molecule has 1 aromatic rings. The second-order valence-corrected chi connectivity index (χ2v) is 4.16. The first-order chi connectivity index (χ1) is 7.19. The van der Waals surface area contributed by atoms with Gasteiger partial charge in [0.15, 0.2) is 0 Å². The van der Waals surface area contributed by atoms with Gasteiger partial charge in [0.05, 0.1) is 4.47 Å². The van der Waals surface area contributed by atoms with Crippen molar-refractivity contribution in [3.8, 4) is 0 Å². The summed E-state index contributed by atoms with van der Waals surface area (Å²) in [5, 5.41) is 3.29. The number of nitrogens with one attached hydrogen (secondary N) is 1. The van der Waals surface area contributed by atoms with Crippen molar-refractivity contribution in [3.63, 3.8) is 0 Å². The molecule has 1 unspecified atom stereocenters. The summed E-state index contributed by atoms with van der Waals surface area (Å²) in [5.41, 5.74) is 0.956. The fraction of sp³-hybridized carbons (Fsp3) is 0.333. The van der Waals surface area contributed by atoms with Crippen LogP contribution >= 0.6 is 15.9 Å². The maximum Gasteiger partial charge on any atom is 0.137 e. The van der Waals surface area contributed by atoms with E-state index >= 15 is 0 Å². The molecule has 0 radical (unpaired) electrons. The van der Waals surface area contributed by atoms with Gasteiger partial charge in [0.2, 0.25) is 0 Å². The molecule has 82 valence electrons. The Morgan fingerprint density at radius 3 is 2.87 bits per heavy atom.